The van der Waals surface area contributed by atoms with Gasteiger partial charge in [0.2, 0.25) is 0 Å². The van der Waals surface area contributed by atoms with E-state index in [4.69, 9.17) is 16.9 Å². The molecule has 1 aliphatic heterocycles. The lowest BCUT2D eigenvalue weighted by Crippen LogP contribution is -2.44. The molecule has 1 fully saturated rings. The van der Waals surface area contributed by atoms with Crippen molar-refractivity contribution in [3.8, 4) is 12.3 Å². The molecule has 1 rings (SSSR count). The molecule has 0 spiro atoms. The zero-order valence-electron chi connectivity index (χ0n) is 6.75. The number of hydrogen-bond donors (Lipinski definition) is 2. The van der Waals surface area contributed by atoms with Crippen LogP contribution in [-0.2, 0) is 4.74 Å². The number of rotatable bonds is 2. The SMILES string of the molecule is C#CC(NC(N)=O)C1CCCO1. The Morgan fingerprint density at radius 2 is 2.58 bits per heavy atom. The van der Waals surface area contributed by atoms with E-state index in [0.717, 1.165) is 12.8 Å². The minimum atomic E-state index is -0.603. The van der Waals surface area contributed by atoms with Crippen LogP contribution >= 0.6 is 0 Å². The van der Waals surface area contributed by atoms with Crippen molar-refractivity contribution in [2.45, 2.75) is 25.0 Å². The summed E-state index contributed by atoms with van der Waals surface area (Å²) < 4.78 is 5.29. The standard InChI is InChI=1S/C8H12N2O2/c1-2-6(10-8(9)11)7-4-3-5-12-7/h1,6-7H,3-5H2,(H3,9,10,11). The molecule has 0 saturated carbocycles. The summed E-state index contributed by atoms with van der Waals surface area (Å²) in [6.45, 7) is 0.712. The minimum absolute atomic E-state index is 0.0671. The summed E-state index contributed by atoms with van der Waals surface area (Å²) in [7, 11) is 0. The first-order chi connectivity index (χ1) is 5.74. The number of urea groups is 1. The molecule has 0 aromatic heterocycles. The van der Waals surface area contributed by atoms with E-state index in [9.17, 15) is 4.79 Å². The van der Waals surface area contributed by atoms with Crippen molar-refractivity contribution in [3.05, 3.63) is 0 Å². The highest BCUT2D eigenvalue weighted by Gasteiger charge is 2.24. The van der Waals surface area contributed by atoms with Crippen molar-refractivity contribution >= 4 is 6.03 Å². The van der Waals surface area contributed by atoms with Gasteiger partial charge in [-0.05, 0) is 12.8 Å². The van der Waals surface area contributed by atoms with E-state index < -0.39 is 6.03 Å². The van der Waals surface area contributed by atoms with E-state index in [-0.39, 0.29) is 12.1 Å². The van der Waals surface area contributed by atoms with Gasteiger partial charge in [-0.2, -0.15) is 0 Å². The molecule has 0 aliphatic carbocycles. The number of nitrogens with one attached hydrogen (secondary N) is 1. The maximum Gasteiger partial charge on any atom is 0.313 e. The summed E-state index contributed by atoms with van der Waals surface area (Å²) in [4.78, 5) is 10.5. The van der Waals surface area contributed by atoms with Crippen LogP contribution in [0.5, 0.6) is 0 Å². The van der Waals surface area contributed by atoms with Crippen LogP contribution in [-0.4, -0.2) is 24.8 Å². The average molecular weight is 168 g/mol. The molecule has 2 amide bonds. The Balaban J connectivity index is 2.44. The Hall–Kier alpha value is -1.21. The van der Waals surface area contributed by atoms with Crippen molar-refractivity contribution in [3.63, 3.8) is 0 Å². The number of hydrogen-bond acceptors (Lipinski definition) is 2. The Morgan fingerprint density at radius 3 is 3.00 bits per heavy atom. The fourth-order valence-corrected chi connectivity index (χ4v) is 1.26. The minimum Gasteiger partial charge on any atom is -0.375 e. The normalized spacial score (nSPS) is 24.4. The molecule has 1 aliphatic rings. The van der Waals surface area contributed by atoms with E-state index in [1.165, 1.54) is 0 Å². The van der Waals surface area contributed by atoms with Crippen LogP contribution in [0.15, 0.2) is 0 Å². The number of nitrogens with two attached hydrogens (primary N) is 1. The number of primary amides is 1. The molecule has 2 atom stereocenters. The molecule has 0 aromatic rings. The summed E-state index contributed by atoms with van der Waals surface area (Å²) in [6, 6.07) is -0.988. The zero-order chi connectivity index (χ0) is 8.97. The maximum atomic E-state index is 10.5. The van der Waals surface area contributed by atoms with Gasteiger partial charge in [0.1, 0.15) is 6.04 Å². The van der Waals surface area contributed by atoms with Crippen molar-refractivity contribution in [2.75, 3.05) is 6.61 Å². The lowest BCUT2D eigenvalue weighted by Gasteiger charge is -2.17. The molecule has 1 heterocycles. The number of carbonyl (C=O) groups excluding carboxylic acids is 1. The Morgan fingerprint density at radius 1 is 1.83 bits per heavy atom. The number of ether oxygens (including phenoxy) is 1. The third-order valence-corrected chi connectivity index (χ3v) is 1.81. The molecule has 0 bridgehead atoms. The number of amides is 2. The van der Waals surface area contributed by atoms with Crippen molar-refractivity contribution in [1.82, 2.24) is 5.32 Å². The Labute approximate surface area is 71.5 Å². The third kappa shape index (κ3) is 2.14. The zero-order valence-corrected chi connectivity index (χ0v) is 6.75. The molecule has 3 N–H and O–H groups in total. The summed E-state index contributed by atoms with van der Waals surface area (Å²) in [5.74, 6) is 2.44. The van der Waals surface area contributed by atoms with Gasteiger partial charge >= 0.3 is 6.03 Å². The lowest BCUT2D eigenvalue weighted by atomic mass is 10.1. The van der Waals surface area contributed by atoms with Gasteiger partial charge < -0.3 is 15.8 Å². The Kier molecular flexibility index (Phi) is 2.94. The molecule has 0 aromatic carbocycles. The van der Waals surface area contributed by atoms with Crippen LogP contribution < -0.4 is 11.1 Å². The molecule has 0 radical (unpaired) electrons. The third-order valence-electron chi connectivity index (χ3n) is 1.81. The molecular formula is C8H12N2O2. The monoisotopic (exact) mass is 168 g/mol. The second-order valence-corrected chi connectivity index (χ2v) is 2.70. The lowest BCUT2D eigenvalue weighted by molar-refractivity contribution is 0.0961. The van der Waals surface area contributed by atoms with Crippen LogP contribution in [0, 0.1) is 12.3 Å². The Bertz CT molecular complexity index is 204. The van der Waals surface area contributed by atoms with E-state index in [0.29, 0.717) is 6.61 Å². The van der Waals surface area contributed by atoms with Gasteiger partial charge in [0, 0.05) is 6.61 Å². The van der Waals surface area contributed by atoms with Crippen molar-refractivity contribution < 1.29 is 9.53 Å². The molecule has 1 saturated heterocycles. The molecule has 4 heteroatoms. The first-order valence-electron chi connectivity index (χ1n) is 3.87. The number of carbonyl (C=O) groups is 1. The van der Waals surface area contributed by atoms with Crippen LogP contribution in [0.2, 0.25) is 0 Å². The summed E-state index contributed by atoms with van der Waals surface area (Å²) in [6.07, 6.45) is 7.01. The predicted octanol–water partition coefficient (Wildman–Crippen LogP) is -0.165. The summed E-state index contributed by atoms with van der Waals surface area (Å²) in [5, 5.41) is 2.45. The molecule has 2 unspecified atom stereocenters. The van der Waals surface area contributed by atoms with E-state index >= 15 is 0 Å². The fraction of sp³-hybridized carbons (Fsp3) is 0.625. The van der Waals surface area contributed by atoms with Gasteiger partial charge in [-0.1, -0.05) is 5.92 Å². The van der Waals surface area contributed by atoms with Crippen LogP contribution in [0.25, 0.3) is 0 Å². The van der Waals surface area contributed by atoms with Crippen LogP contribution in [0.1, 0.15) is 12.8 Å². The second kappa shape index (κ2) is 3.98. The molecule has 4 nitrogen and oxygen atoms in total. The van der Waals surface area contributed by atoms with Gasteiger partial charge in [-0.3, -0.25) is 0 Å². The first kappa shape index (κ1) is 8.88. The molecule has 66 valence electrons. The van der Waals surface area contributed by atoms with Gasteiger partial charge in [0.25, 0.3) is 0 Å². The summed E-state index contributed by atoms with van der Waals surface area (Å²) in [5.41, 5.74) is 4.94. The predicted molar refractivity (Wildman–Crippen MR) is 44.3 cm³/mol. The molecular weight excluding hydrogens is 156 g/mol. The van der Waals surface area contributed by atoms with Gasteiger partial charge in [-0.15, -0.1) is 6.42 Å². The van der Waals surface area contributed by atoms with Gasteiger partial charge in [0.15, 0.2) is 0 Å². The van der Waals surface area contributed by atoms with Gasteiger partial charge in [0.05, 0.1) is 6.10 Å². The van der Waals surface area contributed by atoms with E-state index in [2.05, 4.69) is 11.2 Å². The second-order valence-electron chi connectivity index (χ2n) is 2.70. The number of terminal acetylenes is 1. The van der Waals surface area contributed by atoms with Crippen LogP contribution in [0.4, 0.5) is 4.79 Å². The average Bonchev–Trinajstić information content (AvgIpc) is 2.51. The van der Waals surface area contributed by atoms with Crippen molar-refractivity contribution in [2.24, 2.45) is 5.73 Å². The maximum absolute atomic E-state index is 10.5. The smallest absolute Gasteiger partial charge is 0.313 e. The van der Waals surface area contributed by atoms with Crippen molar-refractivity contribution in [1.29, 1.82) is 0 Å². The quantitative estimate of drug-likeness (QED) is 0.562. The molecule has 12 heavy (non-hydrogen) atoms. The van der Waals surface area contributed by atoms with Gasteiger partial charge in [-0.25, -0.2) is 4.79 Å². The first-order valence-corrected chi connectivity index (χ1v) is 3.87. The largest absolute Gasteiger partial charge is 0.375 e. The van der Waals surface area contributed by atoms with E-state index in [1.807, 2.05) is 0 Å². The topological polar surface area (TPSA) is 64.3 Å². The highest BCUT2D eigenvalue weighted by molar-refractivity contribution is 5.72. The van der Waals surface area contributed by atoms with E-state index in [1.54, 1.807) is 0 Å². The fourth-order valence-electron chi connectivity index (χ4n) is 1.26. The highest BCUT2D eigenvalue weighted by atomic mass is 16.5. The van der Waals surface area contributed by atoms with Crippen LogP contribution in [0.3, 0.4) is 0 Å². The summed E-state index contributed by atoms with van der Waals surface area (Å²) >= 11 is 0. The highest BCUT2D eigenvalue weighted by Crippen LogP contribution is 2.14.